The van der Waals surface area contributed by atoms with E-state index >= 15 is 0 Å². The number of allylic oxidation sites excluding steroid dienone is 2. The molecule has 0 bridgehead atoms. The van der Waals surface area contributed by atoms with Crippen molar-refractivity contribution in [3.05, 3.63) is 11.8 Å². The van der Waals surface area contributed by atoms with Crippen molar-refractivity contribution in [1.82, 2.24) is 0 Å². The molecule has 0 atom stereocenters. The Balaban J connectivity index is 5.01. The molecule has 0 rings (SSSR count). The third-order valence-corrected chi connectivity index (χ3v) is 9.82. The van der Waals surface area contributed by atoms with E-state index in [1.807, 2.05) is 6.92 Å². The van der Waals surface area contributed by atoms with Gasteiger partial charge in [-0.1, -0.05) is 41.5 Å². The lowest BCUT2D eigenvalue weighted by molar-refractivity contribution is 0.371. The normalized spacial score (nSPS) is 13.3. The first-order chi connectivity index (χ1) is 8.28. The molecule has 0 aromatic rings. The smallest absolute Gasteiger partial charge is 0.258 e. The van der Waals surface area contributed by atoms with Gasteiger partial charge in [0, 0.05) is 6.42 Å². The molecule has 0 fully saturated rings. The molecule has 0 aromatic heterocycles. The highest BCUT2D eigenvalue weighted by atomic mass is 28.4. The first kappa shape index (κ1) is 17.2. The molecule has 0 heterocycles. The minimum absolute atomic E-state index is 0.570. The van der Waals surface area contributed by atoms with Gasteiger partial charge in [0.1, 0.15) is 0 Å². The molecule has 0 N–H and O–H groups in total. The van der Waals surface area contributed by atoms with Crippen LogP contribution in [-0.2, 0) is 4.43 Å². The van der Waals surface area contributed by atoms with Gasteiger partial charge in [0.05, 0.1) is 11.8 Å². The second-order valence-corrected chi connectivity index (χ2v) is 11.3. The molecule has 0 saturated heterocycles. The number of nitriles is 1. The predicted molar refractivity (Wildman–Crippen MR) is 80.7 cm³/mol. The van der Waals surface area contributed by atoms with Gasteiger partial charge in [-0.05, 0) is 36.0 Å². The molecule has 0 radical (unpaired) electrons. The molecule has 2 nitrogen and oxygen atoms in total. The molecule has 0 spiro atoms. The zero-order valence-corrected chi connectivity index (χ0v) is 14.1. The van der Waals surface area contributed by atoms with Crippen molar-refractivity contribution in [2.45, 2.75) is 77.9 Å². The Labute approximate surface area is 114 Å². The summed E-state index contributed by atoms with van der Waals surface area (Å²) in [4.78, 5) is 0. The maximum Gasteiger partial charge on any atom is 0.258 e. The SMILES string of the molecule is CC(=CCCC#N)O[Si](C(C)C)(C(C)C)C(C)C. The van der Waals surface area contributed by atoms with Crippen LogP contribution in [0.2, 0.25) is 16.6 Å². The number of nitrogens with zero attached hydrogens (tertiary/aromatic N) is 1. The van der Waals surface area contributed by atoms with E-state index < -0.39 is 8.32 Å². The number of hydrogen-bond acceptors (Lipinski definition) is 2. The Morgan fingerprint density at radius 1 is 1.11 bits per heavy atom. The minimum Gasteiger partial charge on any atom is -0.546 e. The number of hydrogen-bond donors (Lipinski definition) is 0. The minimum atomic E-state index is -1.80. The lowest BCUT2D eigenvalue weighted by Crippen LogP contribution is -2.47. The van der Waals surface area contributed by atoms with Crippen molar-refractivity contribution in [2.75, 3.05) is 0 Å². The fraction of sp³-hybridized carbons (Fsp3) is 0.800. The third-order valence-electron chi connectivity index (χ3n) is 3.73. The zero-order chi connectivity index (χ0) is 14.3. The third kappa shape index (κ3) is 4.17. The van der Waals surface area contributed by atoms with Crippen molar-refractivity contribution in [2.24, 2.45) is 0 Å². The summed E-state index contributed by atoms with van der Waals surface area (Å²) in [6, 6.07) is 2.17. The maximum atomic E-state index is 8.57. The monoisotopic (exact) mass is 267 g/mol. The van der Waals surface area contributed by atoms with Crippen LogP contribution in [0.25, 0.3) is 0 Å². The molecule has 0 aliphatic rings. The van der Waals surface area contributed by atoms with Crippen LogP contribution in [0.15, 0.2) is 11.8 Å². The first-order valence-electron chi connectivity index (χ1n) is 7.01. The van der Waals surface area contributed by atoms with Gasteiger partial charge in [0.15, 0.2) is 0 Å². The average Bonchev–Trinajstić information content (AvgIpc) is 2.24. The quantitative estimate of drug-likeness (QED) is 0.352. The van der Waals surface area contributed by atoms with Crippen molar-refractivity contribution in [3.63, 3.8) is 0 Å². The van der Waals surface area contributed by atoms with Crippen molar-refractivity contribution < 1.29 is 4.43 Å². The maximum absolute atomic E-state index is 8.57. The Morgan fingerprint density at radius 3 is 1.89 bits per heavy atom. The predicted octanol–water partition coefficient (Wildman–Crippen LogP) is 5.39. The number of rotatable bonds is 7. The second kappa shape index (κ2) is 7.63. The van der Waals surface area contributed by atoms with E-state index in [2.05, 4.69) is 53.7 Å². The molecule has 18 heavy (non-hydrogen) atoms. The number of unbranched alkanes of at least 4 members (excludes halogenated alkanes) is 1. The summed E-state index contributed by atoms with van der Waals surface area (Å²) in [6.07, 6.45) is 3.43. The van der Waals surface area contributed by atoms with Crippen molar-refractivity contribution >= 4 is 8.32 Å². The van der Waals surface area contributed by atoms with Crippen LogP contribution in [0.3, 0.4) is 0 Å². The van der Waals surface area contributed by atoms with E-state index in [1.165, 1.54) is 0 Å². The first-order valence-corrected chi connectivity index (χ1v) is 9.15. The second-order valence-electron chi connectivity index (χ2n) is 5.93. The van der Waals surface area contributed by atoms with Gasteiger partial charge >= 0.3 is 0 Å². The fourth-order valence-electron chi connectivity index (χ4n) is 3.01. The average molecular weight is 267 g/mol. The summed E-state index contributed by atoms with van der Waals surface area (Å²) in [5, 5.41) is 8.57. The van der Waals surface area contributed by atoms with Crippen LogP contribution in [-0.4, -0.2) is 8.32 Å². The van der Waals surface area contributed by atoms with E-state index in [1.54, 1.807) is 0 Å². The lowest BCUT2D eigenvalue weighted by Gasteiger charge is -2.42. The van der Waals surface area contributed by atoms with Crippen molar-refractivity contribution in [1.29, 1.82) is 5.26 Å². The molecule has 0 unspecified atom stereocenters. The standard InChI is InChI=1S/C15H29NOSi/c1-12(2)18(13(3)4,14(5)6)17-15(7)10-8-9-11-16/h10,12-14H,8-9H2,1-7H3. The molecule has 0 aliphatic carbocycles. The van der Waals surface area contributed by atoms with Gasteiger partial charge in [0.25, 0.3) is 8.32 Å². The summed E-state index contributed by atoms with van der Waals surface area (Å²) >= 11 is 0. The summed E-state index contributed by atoms with van der Waals surface area (Å²) in [7, 11) is -1.80. The highest BCUT2D eigenvalue weighted by Gasteiger charge is 2.46. The molecule has 0 aliphatic heterocycles. The summed E-state index contributed by atoms with van der Waals surface area (Å²) < 4.78 is 6.46. The Kier molecular flexibility index (Phi) is 7.31. The summed E-state index contributed by atoms with van der Waals surface area (Å²) in [6.45, 7) is 15.8. The largest absolute Gasteiger partial charge is 0.546 e. The van der Waals surface area contributed by atoms with E-state index in [-0.39, 0.29) is 0 Å². The van der Waals surface area contributed by atoms with E-state index in [9.17, 15) is 0 Å². The fourth-order valence-corrected chi connectivity index (χ4v) is 8.36. The Morgan fingerprint density at radius 2 is 1.56 bits per heavy atom. The molecule has 0 saturated carbocycles. The van der Waals surface area contributed by atoms with Crippen LogP contribution < -0.4 is 0 Å². The summed E-state index contributed by atoms with van der Waals surface area (Å²) in [5.41, 5.74) is 1.78. The Bertz CT molecular complexity index is 291. The zero-order valence-electron chi connectivity index (χ0n) is 13.1. The molecule has 3 heteroatoms. The van der Waals surface area contributed by atoms with Crippen LogP contribution in [0.4, 0.5) is 0 Å². The van der Waals surface area contributed by atoms with Gasteiger partial charge in [0.2, 0.25) is 0 Å². The van der Waals surface area contributed by atoms with E-state index in [0.717, 1.165) is 12.2 Å². The molecular formula is C15H29NOSi. The van der Waals surface area contributed by atoms with Crippen LogP contribution in [0.1, 0.15) is 61.3 Å². The Hall–Kier alpha value is -0.753. The van der Waals surface area contributed by atoms with Gasteiger partial charge < -0.3 is 4.43 Å². The molecule has 104 valence electrons. The highest BCUT2D eigenvalue weighted by molar-refractivity contribution is 6.77. The van der Waals surface area contributed by atoms with Crippen LogP contribution in [0, 0.1) is 11.3 Å². The van der Waals surface area contributed by atoms with Crippen LogP contribution in [0.5, 0.6) is 0 Å². The molecule has 0 aromatic carbocycles. The summed E-state index contributed by atoms with van der Waals surface area (Å²) in [5.74, 6) is 1.01. The van der Waals surface area contributed by atoms with E-state index in [4.69, 9.17) is 9.69 Å². The molecular weight excluding hydrogens is 238 g/mol. The van der Waals surface area contributed by atoms with Gasteiger partial charge in [-0.3, -0.25) is 0 Å². The van der Waals surface area contributed by atoms with Crippen molar-refractivity contribution in [3.8, 4) is 6.07 Å². The van der Waals surface area contributed by atoms with Gasteiger partial charge in [-0.2, -0.15) is 5.26 Å². The highest BCUT2D eigenvalue weighted by Crippen LogP contribution is 2.43. The lowest BCUT2D eigenvalue weighted by atomic mass is 10.3. The van der Waals surface area contributed by atoms with Gasteiger partial charge in [-0.15, -0.1) is 0 Å². The van der Waals surface area contributed by atoms with E-state index in [0.29, 0.717) is 23.0 Å². The van der Waals surface area contributed by atoms with Gasteiger partial charge in [-0.25, -0.2) is 0 Å². The topological polar surface area (TPSA) is 33.0 Å². The van der Waals surface area contributed by atoms with Crippen LogP contribution >= 0.6 is 0 Å². The molecule has 0 amide bonds.